The van der Waals surface area contributed by atoms with Gasteiger partial charge in [-0.05, 0) is 38.3 Å². The summed E-state index contributed by atoms with van der Waals surface area (Å²) in [5.41, 5.74) is 1.04. The van der Waals surface area contributed by atoms with Gasteiger partial charge >= 0.3 is 0 Å². The number of hydrogen-bond donors (Lipinski definition) is 1. The number of nitrogens with one attached hydrogen (secondary N) is 1. The van der Waals surface area contributed by atoms with E-state index in [1.165, 1.54) is 25.3 Å². The summed E-state index contributed by atoms with van der Waals surface area (Å²) < 4.78 is 5.82. The van der Waals surface area contributed by atoms with Crippen LogP contribution < -0.4 is 5.32 Å². The predicted octanol–water partition coefficient (Wildman–Crippen LogP) is 4.01. The predicted molar refractivity (Wildman–Crippen MR) is 81.8 cm³/mol. The Morgan fingerprint density at radius 3 is 2.81 bits per heavy atom. The first kappa shape index (κ1) is 14.6. The molecule has 3 rings (SSSR count). The summed E-state index contributed by atoms with van der Waals surface area (Å²) in [6.45, 7) is 2.78. The molecule has 6 heteroatoms. The molecule has 1 aromatic rings. The molecule has 1 aromatic carbocycles. The number of halogens is 1. The summed E-state index contributed by atoms with van der Waals surface area (Å²) in [5, 5.41) is 14.4. The normalized spacial score (nSPS) is 26.0. The lowest BCUT2D eigenvalue weighted by molar-refractivity contribution is -0.384. The first-order valence-electron chi connectivity index (χ1n) is 7.39. The smallest absolute Gasteiger partial charge is 0.288 e. The van der Waals surface area contributed by atoms with E-state index in [-0.39, 0.29) is 16.1 Å². The number of hydrogen-bond acceptors (Lipinski definition) is 4. The Labute approximate surface area is 128 Å². The van der Waals surface area contributed by atoms with E-state index in [1.54, 1.807) is 12.1 Å². The van der Waals surface area contributed by atoms with Crippen molar-refractivity contribution < 1.29 is 9.66 Å². The number of rotatable bonds is 5. The molecule has 21 heavy (non-hydrogen) atoms. The van der Waals surface area contributed by atoms with Crippen LogP contribution in [0.5, 0.6) is 0 Å². The average Bonchev–Trinajstić information content (AvgIpc) is 2.35. The summed E-state index contributed by atoms with van der Waals surface area (Å²) in [5.74, 6) is 0. The van der Waals surface area contributed by atoms with Crippen molar-refractivity contribution in [2.24, 2.45) is 5.41 Å². The lowest BCUT2D eigenvalue weighted by Gasteiger charge is -2.61. The zero-order chi connectivity index (χ0) is 15.0. The molecule has 2 aliphatic rings. The molecule has 0 bridgehead atoms. The number of nitrogens with zero attached hydrogens (tertiary/aromatic N) is 1. The molecule has 0 aromatic heterocycles. The zero-order valence-electron chi connectivity index (χ0n) is 12.0. The van der Waals surface area contributed by atoms with Gasteiger partial charge in [-0.25, -0.2) is 0 Å². The second-order valence-corrected chi connectivity index (χ2v) is 6.29. The van der Waals surface area contributed by atoms with Crippen molar-refractivity contribution in [1.82, 2.24) is 0 Å². The van der Waals surface area contributed by atoms with Gasteiger partial charge in [0.05, 0.1) is 11.0 Å². The van der Waals surface area contributed by atoms with Gasteiger partial charge in [0.25, 0.3) is 5.69 Å². The van der Waals surface area contributed by atoms with E-state index < -0.39 is 4.92 Å². The molecule has 1 spiro atoms. The minimum absolute atomic E-state index is 0.0543. The minimum Gasteiger partial charge on any atom is -0.382 e. The van der Waals surface area contributed by atoms with Crippen LogP contribution in [0.25, 0.3) is 0 Å². The van der Waals surface area contributed by atoms with Crippen molar-refractivity contribution in [3.63, 3.8) is 0 Å². The maximum atomic E-state index is 10.8. The van der Waals surface area contributed by atoms with E-state index in [0.717, 1.165) is 18.7 Å². The second-order valence-electron chi connectivity index (χ2n) is 5.89. The lowest BCUT2D eigenvalue weighted by Crippen LogP contribution is -2.64. The van der Waals surface area contributed by atoms with E-state index in [9.17, 15) is 10.1 Å². The van der Waals surface area contributed by atoms with Crippen molar-refractivity contribution in [3.8, 4) is 0 Å². The molecule has 2 saturated carbocycles. The van der Waals surface area contributed by atoms with E-state index in [0.29, 0.717) is 12.1 Å². The molecule has 5 nitrogen and oxygen atoms in total. The molecule has 0 saturated heterocycles. The fourth-order valence-electron chi connectivity index (χ4n) is 3.59. The third kappa shape index (κ3) is 2.38. The molecule has 0 amide bonds. The Morgan fingerprint density at radius 2 is 2.29 bits per heavy atom. The van der Waals surface area contributed by atoms with Gasteiger partial charge in [-0.3, -0.25) is 10.1 Å². The number of nitro groups is 1. The van der Waals surface area contributed by atoms with Crippen LogP contribution in [0.1, 0.15) is 32.6 Å². The number of nitro benzene ring substituents is 1. The molecule has 114 valence electrons. The molecule has 0 aliphatic heterocycles. The van der Waals surface area contributed by atoms with Crippen LogP contribution >= 0.6 is 11.6 Å². The fraction of sp³-hybridized carbons (Fsp3) is 0.600. The van der Waals surface area contributed by atoms with Crippen molar-refractivity contribution in [3.05, 3.63) is 33.3 Å². The van der Waals surface area contributed by atoms with Crippen LogP contribution in [0.15, 0.2) is 18.2 Å². The molecular weight excluding hydrogens is 292 g/mol. The van der Waals surface area contributed by atoms with Crippen molar-refractivity contribution in [1.29, 1.82) is 0 Å². The summed E-state index contributed by atoms with van der Waals surface area (Å²) >= 11 is 5.96. The Balaban J connectivity index is 1.70. The minimum atomic E-state index is -0.464. The standard InChI is InChI=1S/C15H19ClN2O3/c1-2-21-14-9-13(15(14)6-3-7-15)17-10-4-5-12(18(19)20)11(16)8-10/h4-5,8,13-14,17H,2-3,6-7,9H2,1H3. The highest BCUT2D eigenvalue weighted by atomic mass is 35.5. The Kier molecular flexibility index (Phi) is 3.80. The summed E-state index contributed by atoms with van der Waals surface area (Å²) in [6, 6.07) is 5.20. The van der Waals surface area contributed by atoms with Crippen LogP contribution in [-0.2, 0) is 4.74 Å². The highest BCUT2D eigenvalue weighted by molar-refractivity contribution is 6.32. The third-order valence-electron chi connectivity index (χ3n) is 4.92. The van der Waals surface area contributed by atoms with E-state index in [4.69, 9.17) is 16.3 Å². The highest BCUT2D eigenvalue weighted by Crippen LogP contribution is 2.58. The molecular formula is C15H19ClN2O3. The van der Waals surface area contributed by atoms with Gasteiger partial charge in [-0.1, -0.05) is 18.0 Å². The third-order valence-corrected chi connectivity index (χ3v) is 5.23. The van der Waals surface area contributed by atoms with Crippen molar-refractivity contribution in [2.45, 2.75) is 44.8 Å². The summed E-state index contributed by atoms with van der Waals surface area (Å²) in [6.07, 6.45) is 4.97. The van der Waals surface area contributed by atoms with Crippen LogP contribution in [0, 0.1) is 15.5 Å². The molecule has 2 aliphatic carbocycles. The van der Waals surface area contributed by atoms with E-state index in [2.05, 4.69) is 5.32 Å². The zero-order valence-corrected chi connectivity index (χ0v) is 12.7. The maximum absolute atomic E-state index is 10.8. The molecule has 0 radical (unpaired) electrons. The molecule has 2 unspecified atom stereocenters. The van der Waals surface area contributed by atoms with Crippen LogP contribution in [0.3, 0.4) is 0 Å². The molecule has 2 fully saturated rings. The maximum Gasteiger partial charge on any atom is 0.288 e. The second kappa shape index (κ2) is 5.46. The van der Waals surface area contributed by atoms with Gasteiger partial charge in [-0.2, -0.15) is 0 Å². The lowest BCUT2D eigenvalue weighted by atomic mass is 9.51. The summed E-state index contributed by atoms with van der Waals surface area (Å²) in [7, 11) is 0. The van der Waals surface area contributed by atoms with Gasteiger partial charge in [-0.15, -0.1) is 0 Å². The topological polar surface area (TPSA) is 64.4 Å². The number of benzene rings is 1. The van der Waals surface area contributed by atoms with Crippen LogP contribution in [0.2, 0.25) is 5.02 Å². The first-order chi connectivity index (χ1) is 10.1. The Hall–Kier alpha value is -1.33. The Morgan fingerprint density at radius 1 is 1.52 bits per heavy atom. The van der Waals surface area contributed by atoms with Gasteiger partial charge in [0.15, 0.2) is 0 Å². The van der Waals surface area contributed by atoms with Crippen LogP contribution in [-0.4, -0.2) is 23.7 Å². The Bertz CT molecular complexity index is 560. The largest absolute Gasteiger partial charge is 0.382 e. The van der Waals surface area contributed by atoms with Crippen molar-refractivity contribution >= 4 is 23.0 Å². The molecule has 0 heterocycles. The van der Waals surface area contributed by atoms with E-state index in [1.807, 2.05) is 6.92 Å². The average molecular weight is 311 g/mol. The molecule has 2 atom stereocenters. The van der Waals surface area contributed by atoms with Gasteiger partial charge in [0.1, 0.15) is 5.02 Å². The molecule has 1 N–H and O–H groups in total. The fourth-order valence-corrected chi connectivity index (χ4v) is 3.84. The van der Waals surface area contributed by atoms with Gasteiger partial charge in [0.2, 0.25) is 0 Å². The monoisotopic (exact) mass is 310 g/mol. The van der Waals surface area contributed by atoms with Crippen LogP contribution in [0.4, 0.5) is 11.4 Å². The first-order valence-corrected chi connectivity index (χ1v) is 7.76. The number of ether oxygens (including phenoxy) is 1. The quantitative estimate of drug-likeness (QED) is 0.659. The van der Waals surface area contributed by atoms with Gasteiger partial charge < -0.3 is 10.1 Å². The van der Waals surface area contributed by atoms with Gasteiger partial charge in [0, 0.05) is 29.8 Å². The van der Waals surface area contributed by atoms with Crippen molar-refractivity contribution in [2.75, 3.05) is 11.9 Å². The summed E-state index contributed by atoms with van der Waals surface area (Å²) in [4.78, 5) is 10.3. The number of anilines is 1. The van der Waals surface area contributed by atoms with E-state index >= 15 is 0 Å². The SMILES string of the molecule is CCOC1CC(Nc2ccc([N+](=O)[O-])c(Cl)c2)C12CCC2. The highest BCUT2D eigenvalue weighted by Gasteiger charge is 2.58.